The van der Waals surface area contributed by atoms with Crippen molar-refractivity contribution in [2.75, 3.05) is 7.11 Å². The van der Waals surface area contributed by atoms with Gasteiger partial charge >= 0.3 is 5.63 Å². The van der Waals surface area contributed by atoms with Crippen molar-refractivity contribution >= 4 is 17.0 Å². The number of allylic oxidation sites excluding steroid dienone is 1. The Hall–Kier alpha value is -2.03. The second kappa shape index (κ2) is 3.23. The van der Waals surface area contributed by atoms with Gasteiger partial charge in [0.1, 0.15) is 11.3 Å². The van der Waals surface area contributed by atoms with Gasteiger partial charge in [0.05, 0.1) is 12.5 Å². The normalized spacial score (nSPS) is 13.1. The number of benzene rings is 1. The highest BCUT2D eigenvalue weighted by Crippen LogP contribution is 2.35. The van der Waals surface area contributed by atoms with Gasteiger partial charge in [-0.05, 0) is 24.1 Å². The van der Waals surface area contributed by atoms with E-state index in [1.54, 1.807) is 13.2 Å². The lowest BCUT2D eigenvalue weighted by Crippen LogP contribution is -1.98. The van der Waals surface area contributed by atoms with Crippen molar-refractivity contribution in [1.82, 2.24) is 0 Å². The van der Waals surface area contributed by atoms with Crippen LogP contribution in [-0.4, -0.2) is 7.11 Å². The summed E-state index contributed by atoms with van der Waals surface area (Å²) in [6.45, 7) is 0. The molecule has 0 amide bonds. The number of ether oxygens (including phenoxy) is 1. The lowest BCUT2D eigenvalue weighted by atomic mass is 10.1. The summed E-state index contributed by atoms with van der Waals surface area (Å²) >= 11 is 0. The first-order valence-electron chi connectivity index (χ1n) is 5.10. The fourth-order valence-corrected chi connectivity index (χ4v) is 2.13. The summed E-state index contributed by atoms with van der Waals surface area (Å²) in [6, 6.07) is 5.07. The zero-order valence-corrected chi connectivity index (χ0v) is 8.82. The van der Waals surface area contributed by atoms with Crippen LogP contribution in [0.4, 0.5) is 0 Å². The van der Waals surface area contributed by atoms with Crippen LogP contribution >= 0.6 is 0 Å². The molecule has 1 aliphatic rings. The van der Waals surface area contributed by atoms with Crippen molar-refractivity contribution in [3.8, 4) is 5.75 Å². The van der Waals surface area contributed by atoms with Crippen LogP contribution < -0.4 is 10.4 Å². The van der Waals surface area contributed by atoms with Crippen molar-refractivity contribution in [3.05, 3.63) is 45.8 Å². The van der Waals surface area contributed by atoms with Crippen LogP contribution in [-0.2, 0) is 6.42 Å². The van der Waals surface area contributed by atoms with E-state index >= 15 is 0 Å². The molecule has 80 valence electrons. The fourth-order valence-electron chi connectivity index (χ4n) is 2.13. The monoisotopic (exact) mass is 214 g/mol. The molecule has 0 saturated carbocycles. The minimum atomic E-state index is -0.333. The maximum atomic E-state index is 11.2. The van der Waals surface area contributed by atoms with Crippen molar-refractivity contribution in [2.45, 2.75) is 6.42 Å². The van der Waals surface area contributed by atoms with Crippen molar-refractivity contribution in [3.63, 3.8) is 0 Å². The third kappa shape index (κ3) is 1.18. The lowest BCUT2D eigenvalue weighted by Gasteiger charge is -2.09. The summed E-state index contributed by atoms with van der Waals surface area (Å²) in [7, 11) is 1.63. The Morgan fingerprint density at radius 3 is 3.06 bits per heavy atom. The first-order valence-corrected chi connectivity index (χ1v) is 5.10. The molecule has 2 aromatic rings. The second-order valence-electron chi connectivity index (χ2n) is 3.76. The first kappa shape index (κ1) is 9.21. The van der Waals surface area contributed by atoms with Gasteiger partial charge in [-0.3, -0.25) is 0 Å². The summed E-state index contributed by atoms with van der Waals surface area (Å²) < 4.78 is 10.6. The molecule has 3 nitrogen and oxygen atoms in total. The molecule has 0 aliphatic heterocycles. The molecule has 0 radical (unpaired) electrons. The zero-order valence-electron chi connectivity index (χ0n) is 8.82. The van der Waals surface area contributed by atoms with Gasteiger partial charge in [-0.25, -0.2) is 4.79 Å². The Balaban J connectivity index is 2.46. The van der Waals surface area contributed by atoms with Crippen LogP contribution in [0.1, 0.15) is 11.1 Å². The summed E-state index contributed by atoms with van der Waals surface area (Å²) in [4.78, 5) is 11.2. The largest absolute Gasteiger partial charge is 0.495 e. The highest BCUT2D eigenvalue weighted by molar-refractivity contribution is 5.90. The predicted molar refractivity (Wildman–Crippen MR) is 61.8 cm³/mol. The van der Waals surface area contributed by atoms with Crippen LogP contribution in [0, 0.1) is 0 Å². The Kier molecular flexibility index (Phi) is 1.86. The van der Waals surface area contributed by atoms with E-state index in [1.807, 2.05) is 12.1 Å². The average molecular weight is 214 g/mol. The van der Waals surface area contributed by atoms with E-state index in [-0.39, 0.29) is 5.63 Å². The molecule has 0 atom stereocenters. The summed E-state index contributed by atoms with van der Waals surface area (Å²) in [5, 5.41) is 0.840. The Morgan fingerprint density at radius 2 is 2.25 bits per heavy atom. The van der Waals surface area contributed by atoms with E-state index in [2.05, 4.69) is 6.08 Å². The van der Waals surface area contributed by atoms with E-state index in [9.17, 15) is 4.79 Å². The molecular weight excluding hydrogens is 204 g/mol. The van der Waals surface area contributed by atoms with Crippen molar-refractivity contribution < 1.29 is 9.15 Å². The molecule has 1 aliphatic carbocycles. The number of rotatable bonds is 1. The number of methoxy groups -OCH3 is 1. The second-order valence-corrected chi connectivity index (χ2v) is 3.76. The van der Waals surface area contributed by atoms with Crippen LogP contribution in [0.3, 0.4) is 0 Å². The minimum Gasteiger partial charge on any atom is -0.495 e. The van der Waals surface area contributed by atoms with Crippen LogP contribution in [0.25, 0.3) is 17.0 Å². The van der Waals surface area contributed by atoms with Gasteiger partial charge < -0.3 is 9.15 Å². The fraction of sp³-hybridized carbons (Fsp3) is 0.154. The maximum absolute atomic E-state index is 11.2. The van der Waals surface area contributed by atoms with E-state index in [1.165, 1.54) is 6.07 Å². The molecule has 16 heavy (non-hydrogen) atoms. The van der Waals surface area contributed by atoms with Gasteiger partial charge in [0.15, 0.2) is 0 Å². The van der Waals surface area contributed by atoms with Crippen LogP contribution in [0.2, 0.25) is 0 Å². The Bertz CT molecular complexity index is 650. The van der Waals surface area contributed by atoms with Gasteiger partial charge in [-0.1, -0.05) is 12.2 Å². The average Bonchev–Trinajstić information content (AvgIpc) is 2.73. The van der Waals surface area contributed by atoms with Crippen LogP contribution in [0.5, 0.6) is 5.75 Å². The van der Waals surface area contributed by atoms with Gasteiger partial charge in [0.25, 0.3) is 0 Å². The smallest absolute Gasteiger partial charge is 0.336 e. The lowest BCUT2D eigenvalue weighted by molar-refractivity contribution is 0.417. The zero-order chi connectivity index (χ0) is 11.1. The minimum absolute atomic E-state index is 0.333. The SMILES string of the molecule is COc1c2c(cc3oc(=O)ccc13)CC=C2. The first-order chi connectivity index (χ1) is 7.79. The maximum Gasteiger partial charge on any atom is 0.336 e. The van der Waals surface area contributed by atoms with Crippen molar-refractivity contribution in [1.29, 1.82) is 0 Å². The third-order valence-electron chi connectivity index (χ3n) is 2.83. The molecule has 1 aromatic carbocycles. The molecule has 0 N–H and O–H groups in total. The summed E-state index contributed by atoms with van der Waals surface area (Å²) in [6.07, 6.45) is 4.98. The van der Waals surface area contributed by atoms with E-state index in [0.717, 1.165) is 28.7 Å². The topological polar surface area (TPSA) is 39.4 Å². The highest BCUT2D eigenvalue weighted by atomic mass is 16.5. The molecule has 0 bridgehead atoms. The van der Waals surface area contributed by atoms with Gasteiger partial charge in [0, 0.05) is 11.6 Å². The molecule has 3 heteroatoms. The molecule has 3 rings (SSSR count). The number of hydrogen-bond donors (Lipinski definition) is 0. The molecule has 0 saturated heterocycles. The predicted octanol–water partition coefficient (Wildman–Crippen LogP) is 2.37. The standard InChI is InChI=1S/C13H10O3/c1-15-13-9-4-2-3-8(9)7-11-10(13)5-6-12(14)16-11/h2,4-7H,3H2,1H3. The number of hydrogen-bond acceptors (Lipinski definition) is 3. The molecule has 0 spiro atoms. The van der Waals surface area contributed by atoms with Gasteiger partial charge in [-0.15, -0.1) is 0 Å². The molecule has 0 fully saturated rings. The van der Waals surface area contributed by atoms with E-state index in [4.69, 9.17) is 9.15 Å². The molecule has 0 unspecified atom stereocenters. The van der Waals surface area contributed by atoms with E-state index < -0.39 is 0 Å². The third-order valence-corrected chi connectivity index (χ3v) is 2.83. The number of fused-ring (bicyclic) bond motifs is 2. The van der Waals surface area contributed by atoms with E-state index in [0.29, 0.717) is 5.58 Å². The van der Waals surface area contributed by atoms with Crippen molar-refractivity contribution in [2.24, 2.45) is 0 Å². The summed E-state index contributed by atoms with van der Waals surface area (Å²) in [5.74, 6) is 0.782. The quantitative estimate of drug-likeness (QED) is 0.684. The molecular formula is C13H10O3. The van der Waals surface area contributed by atoms with Crippen LogP contribution in [0.15, 0.2) is 33.5 Å². The molecule has 1 heterocycles. The van der Waals surface area contributed by atoms with Gasteiger partial charge in [-0.2, -0.15) is 0 Å². The Morgan fingerprint density at radius 1 is 1.38 bits per heavy atom. The molecule has 1 aromatic heterocycles. The highest BCUT2D eigenvalue weighted by Gasteiger charge is 2.15. The van der Waals surface area contributed by atoms with Gasteiger partial charge in [0.2, 0.25) is 0 Å². The Labute approximate surface area is 92.0 Å². The summed E-state index contributed by atoms with van der Waals surface area (Å²) in [5.41, 5.74) is 2.48.